The first-order valence-electron chi connectivity index (χ1n) is 8.55. The predicted molar refractivity (Wildman–Crippen MR) is 112 cm³/mol. The Kier molecular flexibility index (Phi) is 9.77. The Hall–Kier alpha value is -1.38. The number of methoxy groups -OCH3 is 3. The van der Waals surface area contributed by atoms with Crippen LogP contribution in [0.4, 0.5) is 0 Å². The highest BCUT2D eigenvalue weighted by atomic mass is 127. The second kappa shape index (κ2) is 11.3. The van der Waals surface area contributed by atoms with Crippen LogP contribution in [0.25, 0.3) is 0 Å². The summed E-state index contributed by atoms with van der Waals surface area (Å²) in [6, 6.07) is 4.27. The van der Waals surface area contributed by atoms with E-state index < -0.39 is 0 Å². The Bertz CT molecular complexity index is 561. The second-order valence-corrected chi connectivity index (χ2v) is 5.84. The van der Waals surface area contributed by atoms with Crippen molar-refractivity contribution in [1.82, 2.24) is 10.6 Å². The van der Waals surface area contributed by atoms with Crippen molar-refractivity contribution in [3.05, 3.63) is 17.7 Å². The number of rotatable bonds is 7. The summed E-state index contributed by atoms with van der Waals surface area (Å²) < 4.78 is 16.2. The van der Waals surface area contributed by atoms with Crippen LogP contribution in [0.1, 0.15) is 38.2 Å². The SMILES string of the molecule is CCNC(=NCc1cc(OC)c(OC)cc1OC)NC1CCCC1.I. The molecule has 0 bridgehead atoms. The number of benzene rings is 1. The van der Waals surface area contributed by atoms with E-state index in [1.165, 1.54) is 25.7 Å². The van der Waals surface area contributed by atoms with Crippen molar-refractivity contribution < 1.29 is 14.2 Å². The summed E-state index contributed by atoms with van der Waals surface area (Å²) in [6.07, 6.45) is 5.01. The molecular formula is C18H30IN3O3. The van der Waals surface area contributed by atoms with Crippen molar-refractivity contribution in [3.8, 4) is 17.2 Å². The Labute approximate surface area is 167 Å². The van der Waals surface area contributed by atoms with E-state index in [1.807, 2.05) is 12.1 Å². The molecule has 7 heteroatoms. The van der Waals surface area contributed by atoms with Crippen LogP contribution >= 0.6 is 24.0 Å². The van der Waals surface area contributed by atoms with Gasteiger partial charge in [0.05, 0.1) is 27.9 Å². The Morgan fingerprint density at radius 2 is 1.64 bits per heavy atom. The first-order valence-corrected chi connectivity index (χ1v) is 8.55. The summed E-state index contributed by atoms with van der Waals surface area (Å²) in [6.45, 7) is 3.41. The van der Waals surface area contributed by atoms with Crippen LogP contribution < -0.4 is 24.8 Å². The van der Waals surface area contributed by atoms with Crippen LogP contribution in [0.5, 0.6) is 17.2 Å². The molecule has 0 atom stereocenters. The molecular weight excluding hydrogens is 433 g/mol. The van der Waals surface area contributed by atoms with E-state index in [4.69, 9.17) is 19.2 Å². The maximum Gasteiger partial charge on any atom is 0.191 e. The van der Waals surface area contributed by atoms with Crippen LogP contribution in [0.15, 0.2) is 17.1 Å². The van der Waals surface area contributed by atoms with Gasteiger partial charge in [0.25, 0.3) is 0 Å². The van der Waals surface area contributed by atoms with E-state index in [0.29, 0.717) is 24.1 Å². The maximum absolute atomic E-state index is 5.47. The highest BCUT2D eigenvalue weighted by Gasteiger charge is 2.16. The molecule has 0 heterocycles. The van der Waals surface area contributed by atoms with Crippen molar-refractivity contribution in [1.29, 1.82) is 0 Å². The van der Waals surface area contributed by atoms with Gasteiger partial charge >= 0.3 is 0 Å². The standard InChI is InChI=1S/C18H29N3O3.HI/c1-5-19-18(21-14-8-6-7-9-14)20-12-13-10-16(23-3)17(24-4)11-15(13)22-2;/h10-11,14H,5-9,12H2,1-4H3,(H2,19,20,21);1H. The summed E-state index contributed by atoms with van der Waals surface area (Å²) >= 11 is 0. The predicted octanol–water partition coefficient (Wildman–Crippen LogP) is 3.33. The second-order valence-electron chi connectivity index (χ2n) is 5.84. The molecule has 1 fully saturated rings. The summed E-state index contributed by atoms with van der Waals surface area (Å²) in [7, 11) is 4.89. The Morgan fingerprint density at radius 1 is 1.04 bits per heavy atom. The molecule has 6 nitrogen and oxygen atoms in total. The van der Waals surface area contributed by atoms with Gasteiger partial charge in [-0.05, 0) is 25.8 Å². The number of nitrogens with zero attached hydrogens (tertiary/aromatic N) is 1. The van der Waals surface area contributed by atoms with Crippen LogP contribution in [-0.4, -0.2) is 39.9 Å². The number of aliphatic imine (C=N–C) groups is 1. The van der Waals surface area contributed by atoms with Gasteiger partial charge in [-0.1, -0.05) is 12.8 Å². The molecule has 0 amide bonds. The quantitative estimate of drug-likeness (QED) is 0.369. The smallest absolute Gasteiger partial charge is 0.191 e. The highest BCUT2D eigenvalue weighted by molar-refractivity contribution is 14.0. The fraction of sp³-hybridized carbons (Fsp3) is 0.611. The van der Waals surface area contributed by atoms with Gasteiger partial charge in [-0.2, -0.15) is 0 Å². The van der Waals surface area contributed by atoms with Crippen molar-refractivity contribution in [2.75, 3.05) is 27.9 Å². The summed E-state index contributed by atoms with van der Waals surface area (Å²) in [5, 5.41) is 6.83. The molecule has 0 aromatic heterocycles. The number of nitrogens with one attached hydrogen (secondary N) is 2. The topological polar surface area (TPSA) is 64.1 Å². The summed E-state index contributed by atoms with van der Waals surface area (Å²) in [4.78, 5) is 4.70. The molecule has 1 aromatic carbocycles. The Balaban J connectivity index is 0.00000312. The van der Waals surface area contributed by atoms with Gasteiger partial charge in [-0.25, -0.2) is 4.99 Å². The summed E-state index contributed by atoms with van der Waals surface area (Å²) in [5.74, 6) is 2.92. The highest BCUT2D eigenvalue weighted by Crippen LogP contribution is 2.34. The number of halogens is 1. The van der Waals surface area contributed by atoms with Crippen LogP contribution in [0.2, 0.25) is 0 Å². The van der Waals surface area contributed by atoms with Crippen LogP contribution in [0.3, 0.4) is 0 Å². The fourth-order valence-corrected chi connectivity index (χ4v) is 2.96. The van der Waals surface area contributed by atoms with Crippen molar-refractivity contribution in [2.24, 2.45) is 4.99 Å². The molecule has 142 valence electrons. The molecule has 0 spiro atoms. The fourth-order valence-electron chi connectivity index (χ4n) is 2.96. The van der Waals surface area contributed by atoms with Gasteiger partial charge in [0.2, 0.25) is 0 Å². The van der Waals surface area contributed by atoms with E-state index in [2.05, 4.69) is 17.6 Å². The minimum atomic E-state index is 0. The minimum absolute atomic E-state index is 0. The molecule has 2 rings (SSSR count). The van der Waals surface area contributed by atoms with Gasteiger partial charge in [-0.3, -0.25) is 0 Å². The number of ether oxygens (including phenoxy) is 3. The molecule has 0 unspecified atom stereocenters. The maximum atomic E-state index is 5.47. The third-order valence-electron chi connectivity index (χ3n) is 4.23. The van der Waals surface area contributed by atoms with E-state index >= 15 is 0 Å². The first kappa shape index (κ1) is 21.7. The van der Waals surface area contributed by atoms with E-state index in [-0.39, 0.29) is 24.0 Å². The number of hydrogen-bond acceptors (Lipinski definition) is 4. The lowest BCUT2D eigenvalue weighted by Gasteiger charge is -2.17. The van der Waals surface area contributed by atoms with Crippen molar-refractivity contribution >= 4 is 29.9 Å². The van der Waals surface area contributed by atoms with Crippen molar-refractivity contribution in [2.45, 2.75) is 45.2 Å². The van der Waals surface area contributed by atoms with E-state index in [9.17, 15) is 0 Å². The third-order valence-corrected chi connectivity index (χ3v) is 4.23. The molecule has 1 aliphatic rings. The lowest BCUT2D eigenvalue weighted by atomic mass is 10.1. The Morgan fingerprint density at radius 3 is 2.20 bits per heavy atom. The van der Waals surface area contributed by atoms with Gasteiger partial charge < -0.3 is 24.8 Å². The molecule has 1 saturated carbocycles. The van der Waals surface area contributed by atoms with Crippen LogP contribution in [0, 0.1) is 0 Å². The molecule has 0 aliphatic heterocycles. The summed E-state index contributed by atoms with van der Waals surface area (Å²) in [5.41, 5.74) is 0.957. The average Bonchev–Trinajstić information content (AvgIpc) is 3.12. The number of hydrogen-bond donors (Lipinski definition) is 2. The zero-order valence-electron chi connectivity index (χ0n) is 15.6. The molecule has 1 aliphatic carbocycles. The van der Waals surface area contributed by atoms with Crippen LogP contribution in [-0.2, 0) is 6.54 Å². The molecule has 1 aromatic rings. The van der Waals surface area contributed by atoms with Crippen molar-refractivity contribution in [3.63, 3.8) is 0 Å². The molecule has 0 saturated heterocycles. The minimum Gasteiger partial charge on any atom is -0.496 e. The van der Waals surface area contributed by atoms with E-state index in [0.717, 1.165) is 23.8 Å². The van der Waals surface area contributed by atoms with E-state index in [1.54, 1.807) is 21.3 Å². The third kappa shape index (κ3) is 6.13. The van der Waals surface area contributed by atoms with Gasteiger partial charge in [0.15, 0.2) is 17.5 Å². The number of guanidine groups is 1. The van der Waals surface area contributed by atoms with Gasteiger partial charge in [0, 0.05) is 24.2 Å². The normalized spacial score (nSPS) is 14.6. The monoisotopic (exact) mass is 463 g/mol. The average molecular weight is 463 g/mol. The first-order chi connectivity index (χ1) is 11.7. The lowest BCUT2D eigenvalue weighted by molar-refractivity contribution is 0.347. The zero-order chi connectivity index (χ0) is 17.4. The largest absolute Gasteiger partial charge is 0.496 e. The molecule has 0 radical (unpaired) electrons. The molecule has 25 heavy (non-hydrogen) atoms. The zero-order valence-corrected chi connectivity index (χ0v) is 17.9. The van der Waals surface area contributed by atoms with Gasteiger partial charge in [-0.15, -0.1) is 24.0 Å². The van der Waals surface area contributed by atoms with Gasteiger partial charge in [0.1, 0.15) is 5.75 Å². The lowest BCUT2D eigenvalue weighted by Crippen LogP contribution is -2.42. The molecule has 2 N–H and O–H groups in total.